The summed E-state index contributed by atoms with van der Waals surface area (Å²) in [6.07, 6.45) is -13.1. The average molecular weight is 375 g/mol. The summed E-state index contributed by atoms with van der Waals surface area (Å²) >= 11 is 0. The van der Waals surface area contributed by atoms with Crippen LogP contribution in [-0.4, -0.2) is 42.7 Å². The van der Waals surface area contributed by atoms with Gasteiger partial charge in [0.25, 0.3) is 0 Å². The Morgan fingerprint density at radius 3 is 2.32 bits per heavy atom. The second-order valence-electron chi connectivity index (χ2n) is 5.47. The summed E-state index contributed by atoms with van der Waals surface area (Å²) in [7, 11) is 0. The first-order valence-electron chi connectivity index (χ1n) is 6.87. The number of nitrogens with one attached hydrogen (secondary N) is 1. The Hall–Kier alpha value is -1.88. The van der Waals surface area contributed by atoms with Gasteiger partial charge in [-0.2, -0.15) is 26.3 Å². The molecule has 1 aliphatic heterocycles. The quantitative estimate of drug-likeness (QED) is 0.797. The zero-order valence-electron chi connectivity index (χ0n) is 12.3. The summed E-state index contributed by atoms with van der Waals surface area (Å²) in [6, 6.07) is 4.08. The van der Waals surface area contributed by atoms with Gasteiger partial charge in [-0.1, -0.05) is 18.2 Å². The van der Waals surface area contributed by atoms with E-state index in [0.29, 0.717) is 0 Å². The van der Waals surface area contributed by atoms with Crippen molar-refractivity contribution < 1.29 is 45.4 Å². The molecule has 1 saturated heterocycles. The SMILES string of the molecule is O=C(N[C@@]1(c2ccccc2F)COC(C(F)(F)F)[C@H]1CO)C(F)(F)F. The minimum absolute atomic E-state index is 0.640. The van der Waals surface area contributed by atoms with E-state index in [9.17, 15) is 40.6 Å². The average Bonchev–Trinajstić information content (AvgIpc) is 2.86. The number of ether oxygens (including phenoxy) is 1. The van der Waals surface area contributed by atoms with Gasteiger partial charge in [-0.3, -0.25) is 4.79 Å². The van der Waals surface area contributed by atoms with Crippen molar-refractivity contribution in [2.45, 2.75) is 24.0 Å². The third-order valence-electron chi connectivity index (χ3n) is 3.96. The molecular formula is C14H12F7NO3. The largest absolute Gasteiger partial charge is 0.471 e. The highest BCUT2D eigenvalue weighted by atomic mass is 19.4. The molecule has 1 aromatic carbocycles. The lowest BCUT2D eigenvalue weighted by Crippen LogP contribution is -2.57. The molecule has 140 valence electrons. The first-order chi connectivity index (χ1) is 11.4. The van der Waals surface area contributed by atoms with Crippen LogP contribution in [0.25, 0.3) is 0 Å². The Morgan fingerprint density at radius 2 is 1.84 bits per heavy atom. The molecule has 1 aliphatic rings. The number of carbonyl (C=O) groups excluding carboxylic acids is 1. The third-order valence-corrected chi connectivity index (χ3v) is 3.96. The minimum Gasteiger partial charge on any atom is -0.396 e. The molecule has 1 unspecified atom stereocenters. The fourth-order valence-corrected chi connectivity index (χ4v) is 2.85. The zero-order valence-corrected chi connectivity index (χ0v) is 12.3. The number of hydrogen-bond acceptors (Lipinski definition) is 3. The standard InChI is InChI=1S/C14H12F7NO3/c15-9-4-2-1-3-7(9)12(22-11(24)14(19,20)21)6-25-10(8(12)5-23)13(16,17)18/h1-4,8,10,23H,5-6H2,(H,22,24)/t8-,10?,12-/m1/s1. The van der Waals surface area contributed by atoms with Crippen LogP contribution in [0.15, 0.2) is 24.3 Å². The summed E-state index contributed by atoms with van der Waals surface area (Å²) in [5.41, 5.74) is -3.18. The molecule has 4 nitrogen and oxygen atoms in total. The van der Waals surface area contributed by atoms with Gasteiger partial charge in [0.1, 0.15) is 5.82 Å². The Bertz CT molecular complexity index is 646. The molecule has 2 N–H and O–H groups in total. The Morgan fingerprint density at radius 1 is 1.24 bits per heavy atom. The van der Waals surface area contributed by atoms with Crippen LogP contribution in [-0.2, 0) is 15.1 Å². The van der Waals surface area contributed by atoms with Gasteiger partial charge in [0.05, 0.1) is 18.8 Å². The molecule has 0 spiro atoms. The van der Waals surface area contributed by atoms with Crippen molar-refractivity contribution in [1.29, 1.82) is 0 Å². The topological polar surface area (TPSA) is 58.6 Å². The van der Waals surface area contributed by atoms with Gasteiger partial charge in [0.2, 0.25) is 0 Å². The van der Waals surface area contributed by atoms with Gasteiger partial charge < -0.3 is 15.2 Å². The maximum absolute atomic E-state index is 14.1. The number of carbonyl (C=O) groups is 1. The smallest absolute Gasteiger partial charge is 0.396 e. The third kappa shape index (κ3) is 3.56. The molecule has 0 saturated carbocycles. The summed E-state index contributed by atoms with van der Waals surface area (Å²) in [5, 5.41) is 10.8. The summed E-state index contributed by atoms with van der Waals surface area (Å²) < 4.78 is 95.7. The van der Waals surface area contributed by atoms with E-state index in [2.05, 4.69) is 4.74 Å². The lowest BCUT2D eigenvalue weighted by atomic mass is 9.77. The Balaban J connectivity index is 2.58. The molecule has 1 heterocycles. The maximum atomic E-state index is 14.1. The fraction of sp³-hybridized carbons (Fsp3) is 0.500. The van der Waals surface area contributed by atoms with E-state index in [-0.39, 0.29) is 0 Å². The highest BCUT2D eigenvalue weighted by molar-refractivity contribution is 5.82. The van der Waals surface area contributed by atoms with Crippen LogP contribution >= 0.6 is 0 Å². The number of benzene rings is 1. The molecule has 2 rings (SSSR count). The van der Waals surface area contributed by atoms with Gasteiger partial charge in [-0.15, -0.1) is 0 Å². The summed E-state index contributed by atoms with van der Waals surface area (Å²) in [5.74, 6) is -5.79. The minimum atomic E-state index is -5.42. The Labute approximate surface area is 136 Å². The number of aliphatic hydroxyl groups is 1. The molecule has 3 atom stereocenters. The van der Waals surface area contributed by atoms with Gasteiger partial charge in [-0.05, 0) is 6.07 Å². The first kappa shape index (κ1) is 19.4. The van der Waals surface area contributed by atoms with Crippen LogP contribution in [0.4, 0.5) is 30.7 Å². The van der Waals surface area contributed by atoms with Gasteiger partial charge >= 0.3 is 18.3 Å². The van der Waals surface area contributed by atoms with Crippen LogP contribution in [0.3, 0.4) is 0 Å². The molecule has 0 bridgehead atoms. The van der Waals surface area contributed by atoms with Crippen molar-refractivity contribution in [2.24, 2.45) is 5.92 Å². The van der Waals surface area contributed by atoms with Gasteiger partial charge in [-0.25, -0.2) is 4.39 Å². The van der Waals surface area contributed by atoms with Crippen LogP contribution in [0, 0.1) is 11.7 Å². The fourth-order valence-electron chi connectivity index (χ4n) is 2.85. The van der Waals surface area contributed by atoms with E-state index < -0.39 is 60.4 Å². The number of aliphatic hydroxyl groups excluding tert-OH is 1. The molecule has 25 heavy (non-hydrogen) atoms. The molecule has 0 aromatic heterocycles. The highest BCUT2D eigenvalue weighted by Crippen LogP contribution is 2.46. The van der Waals surface area contributed by atoms with E-state index >= 15 is 0 Å². The van der Waals surface area contributed by atoms with E-state index in [0.717, 1.165) is 12.1 Å². The van der Waals surface area contributed by atoms with Crippen molar-refractivity contribution >= 4 is 5.91 Å². The lowest BCUT2D eigenvalue weighted by molar-refractivity contribution is -0.219. The number of rotatable bonds is 3. The predicted octanol–water partition coefficient (Wildman–Crippen LogP) is 2.27. The van der Waals surface area contributed by atoms with Crippen molar-refractivity contribution in [3.8, 4) is 0 Å². The van der Waals surface area contributed by atoms with E-state index in [1.54, 1.807) is 0 Å². The molecule has 11 heteroatoms. The summed E-state index contributed by atoms with van der Waals surface area (Å²) in [4.78, 5) is 11.4. The highest BCUT2D eigenvalue weighted by Gasteiger charge is 2.62. The zero-order chi connectivity index (χ0) is 19.0. The van der Waals surface area contributed by atoms with Crippen molar-refractivity contribution in [1.82, 2.24) is 5.32 Å². The molecular weight excluding hydrogens is 363 g/mol. The predicted molar refractivity (Wildman–Crippen MR) is 68.6 cm³/mol. The van der Waals surface area contributed by atoms with Gasteiger partial charge in [0.15, 0.2) is 6.10 Å². The lowest BCUT2D eigenvalue weighted by Gasteiger charge is -2.36. The van der Waals surface area contributed by atoms with E-state index in [4.69, 9.17) is 0 Å². The molecule has 1 fully saturated rings. The number of hydrogen-bond donors (Lipinski definition) is 2. The van der Waals surface area contributed by atoms with Crippen LogP contribution in [0.1, 0.15) is 5.56 Å². The van der Waals surface area contributed by atoms with Crippen LogP contribution < -0.4 is 5.32 Å². The molecule has 1 amide bonds. The number of alkyl halides is 6. The van der Waals surface area contributed by atoms with E-state index in [1.165, 1.54) is 17.4 Å². The molecule has 1 aromatic rings. The molecule has 0 radical (unpaired) electrons. The van der Waals surface area contributed by atoms with Crippen molar-refractivity contribution in [3.63, 3.8) is 0 Å². The monoisotopic (exact) mass is 375 g/mol. The number of halogens is 7. The van der Waals surface area contributed by atoms with Crippen molar-refractivity contribution in [3.05, 3.63) is 35.6 Å². The maximum Gasteiger partial charge on any atom is 0.471 e. The van der Waals surface area contributed by atoms with Crippen LogP contribution in [0.2, 0.25) is 0 Å². The summed E-state index contributed by atoms with van der Waals surface area (Å²) in [6.45, 7) is -2.39. The molecule has 0 aliphatic carbocycles. The second kappa shape index (κ2) is 6.45. The van der Waals surface area contributed by atoms with Crippen molar-refractivity contribution in [2.75, 3.05) is 13.2 Å². The normalized spacial score (nSPS) is 27.4. The Kier molecular flexibility index (Phi) is 5.01. The van der Waals surface area contributed by atoms with E-state index in [1.807, 2.05) is 0 Å². The second-order valence-corrected chi connectivity index (χ2v) is 5.47. The van der Waals surface area contributed by atoms with Crippen LogP contribution in [0.5, 0.6) is 0 Å². The van der Waals surface area contributed by atoms with Gasteiger partial charge in [0, 0.05) is 11.5 Å². The number of amides is 1. The first-order valence-corrected chi connectivity index (χ1v) is 6.87.